The number of fused-ring (bicyclic) bond motifs is 1. The summed E-state index contributed by atoms with van der Waals surface area (Å²) < 4.78 is 27.3. The van der Waals surface area contributed by atoms with Gasteiger partial charge >= 0.3 is 0 Å². The molecule has 0 N–H and O–H groups in total. The Hall–Kier alpha value is -3.12. The lowest BCUT2D eigenvalue weighted by Gasteiger charge is -2.20. The zero-order valence-corrected chi connectivity index (χ0v) is 16.4. The Balaban J connectivity index is 1.67. The predicted molar refractivity (Wildman–Crippen MR) is 112 cm³/mol. The lowest BCUT2D eigenvalue weighted by atomic mass is 10.1. The number of pyridine rings is 1. The van der Waals surface area contributed by atoms with Crippen LogP contribution in [0.15, 0.2) is 90.1 Å². The van der Waals surface area contributed by atoms with Crippen molar-refractivity contribution in [3.05, 3.63) is 90.8 Å². The zero-order chi connectivity index (χ0) is 19.6. The summed E-state index contributed by atoms with van der Waals surface area (Å²) in [5, 5.41) is 0.817. The molecular weight excluding hydrogens is 370 g/mol. The molecule has 5 nitrogen and oxygen atoms in total. The summed E-state index contributed by atoms with van der Waals surface area (Å²) in [5.74, 6) is 0. The van der Waals surface area contributed by atoms with Crippen molar-refractivity contribution in [3.8, 4) is 0 Å². The molecule has 28 heavy (non-hydrogen) atoms. The van der Waals surface area contributed by atoms with Gasteiger partial charge in [-0.05, 0) is 36.2 Å². The minimum Gasteiger partial charge on any atom is -0.374 e. The number of likely N-dealkylation sites (N-methyl/N-ethyl adjacent to an activating group) is 1. The van der Waals surface area contributed by atoms with Crippen LogP contribution in [-0.2, 0) is 16.4 Å². The Bertz CT molecular complexity index is 1190. The number of benzene rings is 2. The van der Waals surface area contributed by atoms with Gasteiger partial charge in [0.2, 0.25) is 0 Å². The molecule has 0 aliphatic carbocycles. The molecule has 0 saturated heterocycles. The van der Waals surface area contributed by atoms with Crippen molar-refractivity contribution in [1.29, 1.82) is 0 Å². The van der Waals surface area contributed by atoms with Gasteiger partial charge in [0.1, 0.15) is 0 Å². The molecular formula is C22H21N3O2S. The summed E-state index contributed by atoms with van der Waals surface area (Å²) >= 11 is 0. The number of hydrogen-bond acceptors (Lipinski definition) is 4. The summed E-state index contributed by atoms with van der Waals surface area (Å²) in [5.41, 5.74) is 2.67. The van der Waals surface area contributed by atoms with Gasteiger partial charge in [-0.25, -0.2) is 17.4 Å². The fourth-order valence-corrected chi connectivity index (χ4v) is 4.62. The van der Waals surface area contributed by atoms with Crippen molar-refractivity contribution >= 4 is 26.7 Å². The molecule has 0 atom stereocenters. The van der Waals surface area contributed by atoms with Crippen LogP contribution >= 0.6 is 0 Å². The lowest BCUT2D eigenvalue weighted by molar-refractivity contribution is 0.589. The van der Waals surface area contributed by atoms with Crippen molar-refractivity contribution in [3.63, 3.8) is 0 Å². The summed E-state index contributed by atoms with van der Waals surface area (Å²) in [6, 6.07) is 22.5. The molecule has 0 aliphatic rings. The number of rotatable bonds is 6. The highest BCUT2D eigenvalue weighted by Gasteiger charge is 2.20. The second kappa shape index (κ2) is 7.48. The molecule has 4 rings (SSSR count). The van der Waals surface area contributed by atoms with Crippen LogP contribution in [-0.4, -0.2) is 31.0 Å². The minimum atomic E-state index is -3.68. The third-order valence-corrected chi connectivity index (χ3v) is 6.50. The van der Waals surface area contributed by atoms with Crippen LogP contribution in [0.3, 0.4) is 0 Å². The molecule has 0 bridgehead atoms. The zero-order valence-electron chi connectivity index (χ0n) is 15.6. The molecule has 142 valence electrons. The number of nitrogens with zero attached hydrogens (tertiary/aromatic N) is 3. The Kier molecular flexibility index (Phi) is 4.88. The predicted octanol–water partition coefficient (Wildman–Crippen LogP) is 3.95. The van der Waals surface area contributed by atoms with Gasteiger partial charge in [0.15, 0.2) is 5.65 Å². The molecule has 0 amide bonds. The Labute approximate surface area is 164 Å². The van der Waals surface area contributed by atoms with Gasteiger partial charge in [-0.1, -0.05) is 48.5 Å². The molecule has 4 aromatic rings. The summed E-state index contributed by atoms with van der Waals surface area (Å²) in [6.07, 6.45) is 4.15. The van der Waals surface area contributed by atoms with E-state index in [-0.39, 0.29) is 4.90 Å². The van der Waals surface area contributed by atoms with Gasteiger partial charge in [0.25, 0.3) is 10.0 Å². The Morgan fingerprint density at radius 2 is 1.61 bits per heavy atom. The van der Waals surface area contributed by atoms with Crippen LogP contribution in [0.25, 0.3) is 11.0 Å². The molecule has 0 aliphatic heterocycles. The van der Waals surface area contributed by atoms with Crippen LogP contribution in [0.4, 0.5) is 5.69 Å². The first-order chi connectivity index (χ1) is 13.6. The molecule has 0 saturated carbocycles. The smallest absolute Gasteiger partial charge is 0.269 e. The standard InChI is InChI=1S/C22H21N3O2S/c1-24(16-13-18-8-4-2-5-9-18)21-12-15-23-22-20(21)14-17-25(22)28(26,27)19-10-6-3-7-11-19/h2-12,14-15,17H,13,16H2,1H3. The van der Waals surface area contributed by atoms with E-state index in [1.165, 1.54) is 9.54 Å². The third-order valence-electron chi connectivity index (χ3n) is 4.82. The van der Waals surface area contributed by atoms with E-state index < -0.39 is 10.0 Å². The van der Waals surface area contributed by atoms with Crippen LogP contribution in [0.5, 0.6) is 0 Å². The van der Waals surface area contributed by atoms with E-state index in [1.54, 1.807) is 42.7 Å². The highest BCUT2D eigenvalue weighted by molar-refractivity contribution is 7.90. The Morgan fingerprint density at radius 3 is 2.32 bits per heavy atom. The van der Waals surface area contributed by atoms with E-state index in [2.05, 4.69) is 22.0 Å². The van der Waals surface area contributed by atoms with E-state index >= 15 is 0 Å². The van der Waals surface area contributed by atoms with Crippen LogP contribution < -0.4 is 4.90 Å². The average molecular weight is 391 g/mol. The van der Waals surface area contributed by atoms with Gasteiger partial charge < -0.3 is 4.90 Å². The van der Waals surface area contributed by atoms with Crippen LogP contribution in [0, 0.1) is 0 Å². The molecule has 0 unspecified atom stereocenters. The normalized spacial score (nSPS) is 11.6. The number of hydrogen-bond donors (Lipinski definition) is 0. The van der Waals surface area contributed by atoms with Gasteiger partial charge in [-0.2, -0.15) is 0 Å². The molecule has 0 fully saturated rings. The lowest BCUT2D eigenvalue weighted by Crippen LogP contribution is -2.20. The molecule has 0 radical (unpaired) electrons. The van der Waals surface area contributed by atoms with E-state index in [0.29, 0.717) is 5.65 Å². The first-order valence-corrected chi connectivity index (χ1v) is 10.5. The van der Waals surface area contributed by atoms with E-state index in [4.69, 9.17) is 0 Å². The summed E-state index contributed by atoms with van der Waals surface area (Å²) in [4.78, 5) is 6.73. The molecule has 0 spiro atoms. The second-order valence-corrected chi connectivity index (χ2v) is 8.47. The SMILES string of the molecule is CN(CCc1ccccc1)c1ccnc2c1ccn2S(=O)(=O)c1ccccc1. The molecule has 6 heteroatoms. The third kappa shape index (κ3) is 3.39. The van der Waals surface area contributed by atoms with Gasteiger partial charge in [0.05, 0.1) is 4.90 Å². The monoisotopic (exact) mass is 391 g/mol. The first-order valence-electron chi connectivity index (χ1n) is 9.09. The van der Waals surface area contributed by atoms with Crippen LogP contribution in [0.2, 0.25) is 0 Å². The van der Waals surface area contributed by atoms with Gasteiger partial charge in [-0.3, -0.25) is 0 Å². The highest BCUT2D eigenvalue weighted by atomic mass is 32.2. The van der Waals surface area contributed by atoms with Crippen LogP contribution in [0.1, 0.15) is 5.56 Å². The highest BCUT2D eigenvalue weighted by Crippen LogP contribution is 2.28. The van der Waals surface area contributed by atoms with E-state index in [9.17, 15) is 8.42 Å². The largest absolute Gasteiger partial charge is 0.374 e. The van der Waals surface area contributed by atoms with E-state index in [0.717, 1.165) is 24.0 Å². The average Bonchev–Trinajstić information content (AvgIpc) is 3.18. The second-order valence-electron chi connectivity index (χ2n) is 6.65. The topological polar surface area (TPSA) is 55.2 Å². The molecule has 2 aromatic carbocycles. The fraction of sp³-hybridized carbons (Fsp3) is 0.136. The maximum atomic E-state index is 13.0. The maximum Gasteiger partial charge on any atom is 0.269 e. The first kappa shape index (κ1) is 18.3. The summed E-state index contributed by atoms with van der Waals surface area (Å²) in [6.45, 7) is 0.819. The summed E-state index contributed by atoms with van der Waals surface area (Å²) in [7, 11) is -1.67. The number of anilines is 1. The minimum absolute atomic E-state index is 0.247. The van der Waals surface area contributed by atoms with Crippen molar-refractivity contribution in [2.75, 3.05) is 18.5 Å². The molecule has 2 aromatic heterocycles. The van der Waals surface area contributed by atoms with E-state index in [1.807, 2.05) is 37.4 Å². The quantitative estimate of drug-likeness (QED) is 0.499. The van der Waals surface area contributed by atoms with Crippen molar-refractivity contribution < 1.29 is 8.42 Å². The van der Waals surface area contributed by atoms with Crippen molar-refractivity contribution in [2.24, 2.45) is 0 Å². The van der Waals surface area contributed by atoms with Gasteiger partial charge in [0, 0.05) is 37.1 Å². The van der Waals surface area contributed by atoms with Gasteiger partial charge in [-0.15, -0.1) is 0 Å². The number of aromatic nitrogens is 2. The van der Waals surface area contributed by atoms with Crippen molar-refractivity contribution in [2.45, 2.75) is 11.3 Å². The Morgan fingerprint density at radius 1 is 0.929 bits per heavy atom. The maximum absolute atomic E-state index is 13.0. The fourth-order valence-electron chi connectivity index (χ4n) is 3.30. The van der Waals surface area contributed by atoms with Crippen molar-refractivity contribution in [1.82, 2.24) is 8.96 Å². The molecule has 2 heterocycles.